The molecule has 1 unspecified atom stereocenters. The molecule has 0 aliphatic heterocycles. The van der Waals surface area contributed by atoms with E-state index in [0.717, 1.165) is 38.0 Å². The van der Waals surface area contributed by atoms with E-state index < -0.39 is 30.1 Å². The molecule has 1 N–H and O–H groups in total. The molecule has 2 amide bonds. The van der Waals surface area contributed by atoms with Crippen LogP contribution in [0.1, 0.15) is 179 Å². The molecule has 0 radical (unpaired) electrons. The quantitative estimate of drug-likeness (QED) is 0.0486. The fourth-order valence-corrected chi connectivity index (χ4v) is 5.55. The van der Waals surface area contributed by atoms with Crippen LogP contribution < -0.4 is 10.1 Å². The molecular formula is C47H91N3O9S. The Kier molecular flexibility index (Phi) is 47.5. The van der Waals surface area contributed by atoms with E-state index in [0.29, 0.717) is 47.9 Å². The Bertz CT molecular complexity index is 1250. The number of carbonyl (C=O) groups excluding carboxylic acids is 5. The molecule has 0 saturated heterocycles. The Morgan fingerprint density at radius 2 is 1.25 bits per heavy atom. The normalized spacial score (nSPS) is 10.5. The second kappa shape index (κ2) is 43.5. The minimum absolute atomic E-state index is 0. The summed E-state index contributed by atoms with van der Waals surface area (Å²) in [4.78, 5) is 64.7. The maximum absolute atomic E-state index is 13.1. The third kappa shape index (κ3) is 39.9. The van der Waals surface area contributed by atoms with E-state index in [4.69, 9.17) is 18.9 Å². The maximum Gasteiger partial charge on any atom is 0.414 e. The van der Waals surface area contributed by atoms with E-state index in [1.807, 2.05) is 56.8 Å². The monoisotopic (exact) mass is 874 g/mol. The standard InChI is InChI=1S/C35H57N3O9S.C4H8.2C3H8.2CH4.H2/c1-25(2)48-20-12-10-9-11-17-36-33(42)16-13-15-32(46-28(5)41)29-21-30(23-44-26(3)39)34(31(22-29)24-45-27(4)40)47-35(43)38(8)19-14-18-37(6)7;1-3-4-2;2*1-3-2;;;/h21-22,25,32H,9-20,23-24H2,1-8H3,(H,36,42);3-4H,1-2H3;2*3H2,1-2H3;2*1H4;1H. The van der Waals surface area contributed by atoms with Gasteiger partial charge in [-0.15, -0.1) is 0 Å². The van der Waals surface area contributed by atoms with Crippen molar-refractivity contribution in [1.82, 2.24) is 15.1 Å². The molecule has 0 heterocycles. The van der Waals surface area contributed by atoms with Crippen molar-refractivity contribution < 1.29 is 44.3 Å². The van der Waals surface area contributed by atoms with Gasteiger partial charge in [-0.1, -0.05) is 94.2 Å². The van der Waals surface area contributed by atoms with Gasteiger partial charge in [0.2, 0.25) is 5.91 Å². The fourth-order valence-electron chi connectivity index (χ4n) is 4.71. The lowest BCUT2D eigenvalue weighted by molar-refractivity contribution is -0.147. The number of ether oxygens (including phenoxy) is 4. The molecule has 1 rings (SSSR count). The zero-order chi connectivity index (χ0) is 44.9. The summed E-state index contributed by atoms with van der Waals surface area (Å²) >= 11 is 1.97. The van der Waals surface area contributed by atoms with Crippen molar-refractivity contribution in [1.29, 1.82) is 0 Å². The van der Waals surface area contributed by atoms with Gasteiger partial charge in [-0.2, -0.15) is 11.8 Å². The van der Waals surface area contributed by atoms with Crippen molar-refractivity contribution >= 4 is 41.7 Å². The Morgan fingerprint density at radius 3 is 1.68 bits per heavy atom. The highest BCUT2D eigenvalue weighted by molar-refractivity contribution is 7.99. The number of thioether (sulfide) groups is 1. The lowest BCUT2D eigenvalue weighted by atomic mass is 9.97. The smallest absolute Gasteiger partial charge is 0.414 e. The van der Waals surface area contributed by atoms with Crippen molar-refractivity contribution in [3.8, 4) is 5.75 Å². The van der Waals surface area contributed by atoms with Crippen LogP contribution in [0.3, 0.4) is 0 Å². The molecule has 1 aromatic carbocycles. The summed E-state index contributed by atoms with van der Waals surface area (Å²) in [5.74, 6) is -0.443. The van der Waals surface area contributed by atoms with E-state index in [1.165, 1.54) is 44.9 Å². The molecule has 60 heavy (non-hydrogen) atoms. The average Bonchev–Trinajstić information content (AvgIpc) is 3.14. The molecule has 1 atom stereocenters. The average molecular weight is 874 g/mol. The van der Waals surface area contributed by atoms with E-state index in [9.17, 15) is 24.0 Å². The predicted molar refractivity (Wildman–Crippen MR) is 255 cm³/mol. The van der Waals surface area contributed by atoms with Crippen LogP contribution in [0.4, 0.5) is 4.79 Å². The Hall–Kier alpha value is -3.58. The van der Waals surface area contributed by atoms with Crippen LogP contribution in [0.2, 0.25) is 0 Å². The highest BCUT2D eigenvalue weighted by Crippen LogP contribution is 2.34. The first kappa shape index (κ1) is 65.5. The number of unbranched alkanes of at least 4 members (excludes halogenated alkanes) is 3. The first-order valence-electron chi connectivity index (χ1n) is 21.1. The van der Waals surface area contributed by atoms with Gasteiger partial charge in [-0.05, 0) is 95.3 Å². The van der Waals surface area contributed by atoms with Gasteiger partial charge in [0.15, 0.2) is 0 Å². The van der Waals surface area contributed by atoms with Crippen molar-refractivity contribution in [2.45, 2.75) is 180 Å². The van der Waals surface area contributed by atoms with Crippen LogP contribution in [-0.2, 0) is 46.6 Å². The van der Waals surface area contributed by atoms with Crippen LogP contribution in [0.15, 0.2) is 24.3 Å². The van der Waals surface area contributed by atoms with Crippen LogP contribution in [0, 0.1) is 0 Å². The SMILES string of the molecule is C.C.CC(=O)OCc1cc(C(CCCC(=O)NCCCCCCSC(C)C)OC(C)=O)cc(COC(C)=O)c1OC(=O)N(C)CCCN(C)C.CC=CC.CCC.CCC.[HH]. The van der Waals surface area contributed by atoms with Gasteiger partial charge in [0, 0.05) is 59.9 Å². The molecule has 0 aromatic heterocycles. The van der Waals surface area contributed by atoms with Crippen molar-refractivity contribution in [3.63, 3.8) is 0 Å². The van der Waals surface area contributed by atoms with Gasteiger partial charge in [0.25, 0.3) is 0 Å². The Labute approximate surface area is 373 Å². The number of hydrogen-bond acceptors (Lipinski definition) is 11. The number of allylic oxidation sites excluding steroid dienone is 2. The number of nitrogens with zero attached hydrogens (tertiary/aromatic N) is 2. The molecular weight excluding hydrogens is 783 g/mol. The minimum atomic E-state index is -0.760. The van der Waals surface area contributed by atoms with Gasteiger partial charge < -0.3 is 34.1 Å². The summed E-state index contributed by atoms with van der Waals surface area (Å²) in [6.07, 6.45) is 11.1. The predicted octanol–water partition coefficient (Wildman–Crippen LogP) is 11.7. The number of amides is 2. The first-order valence-corrected chi connectivity index (χ1v) is 22.1. The molecule has 1 aromatic rings. The molecule has 13 heteroatoms. The van der Waals surface area contributed by atoms with E-state index in [-0.39, 0.29) is 47.6 Å². The molecule has 0 spiro atoms. The van der Waals surface area contributed by atoms with Crippen LogP contribution >= 0.6 is 11.8 Å². The lowest BCUT2D eigenvalue weighted by Crippen LogP contribution is -2.32. The van der Waals surface area contributed by atoms with Gasteiger partial charge in [-0.25, -0.2) is 4.79 Å². The van der Waals surface area contributed by atoms with Gasteiger partial charge >= 0.3 is 24.0 Å². The van der Waals surface area contributed by atoms with E-state index in [2.05, 4.69) is 46.9 Å². The summed E-state index contributed by atoms with van der Waals surface area (Å²) in [6.45, 7) is 22.1. The van der Waals surface area contributed by atoms with Crippen molar-refractivity contribution in [2.24, 2.45) is 0 Å². The number of esters is 3. The maximum atomic E-state index is 13.1. The number of nitrogens with one attached hydrogen (secondary N) is 1. The third-order valence-electron chi connectivity index (χ3n) is 7.45. The van der Waals surface area contributed by atoms with Crippen LogP contribution in [0.25, 0.3) is 0 Å². The number of benzene rings is 1. The third-order valence-corrected chi connectivity index (χ3v) is 8.65. The second-order valence-electron chi connectivity index (χ2n) is 14.4. The molecule has 0 aliphatic rings. The zero-order valence-electron chi connectivity index (χ0n) is 38.8. The second-order valence-corrected chi connectivity index (χ2v) is 16.1. The van der Waals surface area contributed by atoms with E-state index >= 15 is 0 Å². The van der Waals surface area contributed by atoms with Crippen molar-refractivity contribution in [3.05, 3.63) is 41.0 Å². The molecule has 0 bridgehead atoms. The summed E-state index contributed by atoms with van der Waals surface area (Å²) < 4.78 is 22.0. The van der Waals surface area contributed by atoms with Gasteiger partial charge in [0.05, 0.1) is 0 Å². The fraction of sp³-hybridized carbons (Fsp3) is 0.723. The highest BCUT2D eigenvalue weighted by atomic mass is 32.2. The minimum Gasteiger partial charge on any atom is -0.461 e. The van der Waals surface area contributed by atoms with Crippen LogP contribution in [0.5, 0.6) is 5.75 Å². The topological polar surface area (TPSA) is 141 Å². The molecule has 0 fully saturated rings. The number of hydrogen-bond donors (Lipinski definition) is 1. The summed E-state index contributed by atoms with van der Waals surface area (Å²) in [5, 5.41) is 3.62. The first-order chi connectivity index (χ1) is 27.4. The van der Waals surface area contributed by atoms with Gasteiger partial charge in [0.1, 0.15) is 25.1 Å². The number of carbonyl (C=O) groups is 5. The summed E-state index contributed by atoms with van der Waals surface area (Å²) in [6, 6.07) is 3.28. The van der Waals surface area contributed by atoms with Crippen LogP contribution in [-0.4, -0.2) is 91.5 Å². The summed E-state index contributed by atoms with van der Waals surface area (Å²) in [5.41, 5.74) is 1.18. The largest absolute Gasteiger partial charge is 0.461 e. The molecule has 12 nitrogen and oxygen atoms in total. The summed E-state index contributed by atoms with van der Waals surface area (Å²) in [7, 11) is 5.50. The lowest BCUT2D eigenvalue weighted by Gasteiger charge is -2.23. The Balaban J connectivity index is -0.000000524. The number of rotatable bonds is 23. The molecule has 0 aliphatic carbocycles. The Morgan fingerprint density at radius 1 is 0.750 bits per heavy atom. The van der Waals surface area contributed by atoms with Crippen molar-refractivity contribution in [2.75, 3.05) is 46.5 Å². The van der Waals surface area contributed by atoms with Gasteiger partial charge in [-0.3, -0.25) is 19.2 Å². The zero-order valence-corrected chi connectivity index (χ0v) is 39.6. The van der Waals surface area contributed by atoms with E-state index in [1.54, 1.807) is 19.2 Å². The highest BCUT2D eigenvalue weighted by Gasteiger charge is 2.24. The molecule has 354 valence electrons. The molecule has 0 saturated carbocycles.